The average molecular weight is 304 g/mol. The smallest absolute Gasteiger partial charge is 0.149 e. The van der Waals surface area contributed by atoms with E-state index in [0.29, 0.717) is 15.9 Å². The highest BCUT2D eigenvalue weighted by molar-refractivity contribution is 6.37. The molecule has 0 bridgehead atoms. The third kappa shape index (κ3) is 5.07. The molecule has 108 valence electrons. The summed E-state index contributed by atoms with van der Waals surface area (Å²) in [5.74, 6) is 1.46. The molecule has 0 fully saturated rings. The van der Waals surface area contributed by atoms with Crippen molar-refractivity contribution in [2.24, 2.45) is 5.41 Å². The van der Waals surface area contributed by atoms with E-state index in [1.54, 1.807) is 6.07 Å². The molecule has 1 rings (SSSR count). The summed E-state index contributed by atoms with van der Waals surface area (Å²) in [6.07, 6.45) is 1.02. The van der Waals surface area contributed by atoms with Crippen molar-refractivity contribution in [2.45, 2.75) is 34.1 Å². The normalized spacial score (nSPS) is 11.5. The zero-order valence-corrected chi connectivity index (χ0v) is 13.9. The molecule has 0 saturated carbocycles. The first kappa shape index (κ1) is 16.4. The van der Waals surface area contributed by atoms with Gasteiger partial charge in [-0.3, -0.25) is 0 Å². The summed E-state index contributed by atoms with van der Waals surface area (Å²) < 4.78 is 0. The van der Waals surface area contributed by atoms with Crippen LogP contribution in [0, 0.1) is 5.41 Å². The van der Waals surface area contributed by atoms with Gasteiger partial charge in [0.1, 0.15) is 11.6 Å². The molecular weight excluding hydrogens is 281 g/mol. The van der Waals surface area contributed by atoms with Crippen molar-refractivity contribution < 1.29 is 0 Å². The summed E-state index contributed by atoms with van der Waals surface area (Å²) in [5.41, 5.74) is 0.177. The first-order valence-electron chi connectivity index (χ1n) is 6.55. The van der Waals surface area contributed by atoms with Crippen molar-refractivity contribution in [1.82, 2.24) is 4.98 Å². The zero-order chi connectivity index (χ0) is 14.6. The van der Waals surface area contributed by atoms with Gasteiger partial charge in [0.2, 0.25) is 0 Å². The van der Waals surface area contributed by atoms with Gasteiger partial charge in [-0.2, -0.15) is 0 Å². The Kier molecular flexibility index (Phi) is 5.75. The van der Waals surface area contributed by atoms with Crippen LogP contribution in [0.1, 0.15) is 34.1 Å². The van der Waals surface area contributed by atoms with Crippen LogP contribution in [-0.4, -0.2) is 25.1 Å². The monoisotopic (exact) mass is 303 g/mol. The lowest BCUT2D eigenvalue weighted by atomic mass is 9.96. The molecule has 1 aromatic rings. The fourth-order valence-corrected chi connectivity index (χ4v) is 2.45. The number of hydrogen-bond donors (Lipinski definition) is 1. The first-order valence-corrected chi connectivity index (χ1v) is 7.31. The minimum atomic E-state index is 0.177. The largest absolute Gasteiger partial charge is 0.369 e. The molecule has 0 aliphatic carbocycles. The number of anilines is 2. The number of aromatic nitrogens is 1. The molecular formula is C14H23Cl2N3. The lowest BCUT2D eigenvalue weighted by Gasteiger charge is -2.28. The molecule has 1 N–H and O–H groups in total. The molecule has 0 saturated heterocycles. The molecule has 0 aliphatic heterocycles. The van der Waals surface area contributed by atoms with Crippen LogP contribution in [-0.2, 0) is 0 Å². The van der Waals surface area contributed by atoms with Gasteiger partial charge in [-0.1, -0.05) is 50.9 Å². The van der Waals surface area contributed by atoms with Crippen molar-refractivity contribution in [2.75, 3.05) is 30.4 Å². The predicted octanol–water partition coefficient (Wildman–Crippen LogP) is 4.69. The van der Waals surface area contributed by atoms with E-state index in [-0.39, 0.29) is 5.41 Å². The third-order valence-corrected chi connectivity index (χ3v) is 3.09. The van der Waals surface area contributed by atoms with Gasteiger partial charge >= 0.3 is 0 Å². The molecule has 0 radical (unpaired) electrons. The molecule has 0 spiro atoms. The number of hydrogen-bond acceptors (Lipinski definition) is 3. The van der Waals surface area contributed by atoms with Gasteiger partial charge in [0, 0.05) is 20.1 Å². The Balaban J connectivity index is 2.99. The molecule has 1 aromatic heterocycles. The van der Waals surface area contributed by atoms with E-state index in [0.717, 1.165) is 25.3 Å². The fraction of sp³-hybridized carbons (Fsp3) is 0.643. The number of pyridine rings is 1. The second-order valence-electron chi connectivity index (χ2n) is 5.97. The Hall–Kier alpha value is -0.670. The van der Waals surface area contributed by atoms with Crippen LogP contribution in [0.2, 0.25) is 10.0 Å². The Morgan fingerprint density at radius 2 is 1.89 bits per heavy atom. The lowest BCUT2D eigenvalue weighted by molar-refractivity contribution is 0.418. The summed E-state index contributed by atoms with van der Waals surface area (Å²) in [7, 11) is 2.00. The topological polar surface area (TPSA) is 28.2 Å². The van der Waals surface area contributed by atoms with Crippen molar-refractivity contribution in [3.63, 3.8) is 0 Å². The molecule has 19 heavy (non-hydrogen) atoms. The van der Waals surface area contributed by atoms with Gasteiger partial charge in [-0.25, -0.2) is 4.98 Å². The maximum Gasteiger partial charge on any atom is 0.149 e. The molecule has 0 amide bonds. The average Bonchev–Trinajstić information content (AvgIpc) is 2.25. The van der Waals surface area contributed by atoms with Gasteiger partial charge in [0.25, 0.3) is 0 Å². The van der Waals surface area contributed by atoms with Crippen LogP contribution < -0.4 is 10.2 Å². The maximum atomic E-state index is 6.24. The van der Waals surface area contributed by atoms with E-state index >= 15 is 0 Å². The van der Waals surface area contributed by atoms with Gasteiger partial charge in [-0.15, -0.1) is 0 Å². The van der Waals surface area contributed by atoms with Crippen LogP contribution in [0.3, 0.4) is 0 Å². The quantitative estimate of drug-likeness (QED) is 0.855. The summed E-state index contributed by atoms with van der Waals surface area (Å²) in [6, 6.07) is 1.75. The summed E-state index contributed by atoms with van der Waals surface area (Å²) in [5, 5.41) is 4.36. The second kappa shape index (κ2) is 6.67. The van der Waals surface area contributed by atoms with Crippen molar-refractivity contribution in [3.05, 3.63) is 16.1 Å². The number of rotatable bonds is 5. The minimum absolute atomic E-state index is 0.177. The number of nitrogens with one attached hydrogen (secondary N) is 1. The van der Waals surface area contributed by atoms with E-state index in [1.807, 2.05) is 7.05 Å². The minimum Gasteiger partial charge on any atom is -0.369 e. The highest BCUT2D eigenvalue weighted by atomic mass is 35.5. The van der Waals surface area contributed by atoms with Crippen LogP contribution in [0.15, 0.2) is 6.07 Å². The van der Waals surface area contributed by atoms with Gasteiger partial charge in [-0.05, 0) is 17.9 Å². The van der Waals surface area contributed by atoms with Crippen LogP contribution in [0.25, 0.3) is 0 Å². The zero-order valence-electron chi connectivity index (χ0n) is 12.3. The molecule has 5 heteroatoms. The third-order valence-electron chi connectivity index (χ3n) is 2.53. The summed E-state index contributed by atoms with van der Waals surface area (Å²) >= 11 is 12.4. The Bertz CT molecular complexity index is 427. The van der Waals surface area contributed by atoms with E-state index in [4.69, 9.17) is 23.2 Å². The van der Waals surface area contributed by atoms with E-state index in [9.17, 15) is 0 Å². The molecule has 1 heterocycles. The molecule has 0 aliphatic rings. The highest BCUT2D eigenvalue weighted by Crippen LogP contribution is 2.32. The predicted molar refractivity (Wildman–Crippen MR) is 85.8 cm³/mol. The summed E-state index contributed by atoms with van der Waals surface area (Å²) in [4.78, 5) is 6.61. The fourth-order valence-electron chi connectivity index (χ4n) is 1.88. The SMILES string of the molecule is CCCNc1nc(N(C)CC(C)(C)C)c(Cl)cc1Cl. The van der Waals surface area contributed by atoms with Gasteiger partial charge < -0.3 is 10.2 Å². The lowest BCUT2D eigenvalue weighted by Crippen LogP contribution is -2.30. The van der Waals surface area contributed by atoms with Gasteiger partial charge in [0.15, 0.2) is 0 Å². The van der Waals surface area contributed by atoms with Crippen LogP contribution >= 0.6 is 23.2 Å². The van der Waals surface area contributed by atoms with E-state index < -0.39 is 0 Å². The Morgan fingerprint density at radius 1 is 1.26 bits per heavy atom. The van der Waals surface area contributed by atoms with E-state index in [1.165, 1.54) is 0 Å². The molecule has 3 nitrogen and oxygen atoms in total. The molecule has 0 aromatic carbocycles. The van der Waals surface area contributed by atoms with E-state index in [2.05, 4.69) is 42.9 Å². The van der Waals surface area contributed by atoms with Gasteiger partial charge in [0.05, 0.1) is 10.0 Å². The Morgan fingerprint density at radius 3 is 2.42 bits per heavy atom. The molecule has 0 atom stereocenters. The summed E-state index contributed by atoms with van der Waals surface area (Å²) in [6.45, 7) is 10.4. The second-order valence-corrected chi connectivity index (χ2v) is 6.78. The van der Waals surface area contributed by atoms with Crippen molar-refractivity contribution >= 4 is 34.8 Å². The number of halogens is 2. The van der Waals surface area contributed by atoms with Crippen molar-refractivity contribution in [1.29, 1.82) is 0 Å². The standard InChI is InChI=1S/C14H23Cl2N3/c1-6-7-17-12-10(15)8-11(16)13(18-12)19(5)9-14(2,3)4/h8H,6-7,9H2,1-5H3,(H,17,18). The van der Waals surface area contributed by atoms with Crippen molar-refractivity contribution in [3.8, 4) is 0 Å². The maximum absolute atomic E-state index is 6.24. The first-order chi connectivity index (χ1) is 8.74. The Labute approximate surface area is 126 Å². The highest BCUT2D eigenvalue weighted by Gasteiger charge is 2.18. The van der Waals surface area contributed by atoms with Crippen LogP contribution in [0.4, 0.5) is 11.6 Å². The molecule has 0 unspecified atom stereocenters. The van der Waals surface area contributed by atoms with Crippen LogP contribution in [0.5, 0.6) is 0 Å². The number of nitrogens with zero attached hydrogens (tertiary/aromatic N) is 2.